The summed E-state index contributed by atoms with van der Waals surface area (Å²) in [5.74, 6) is 4.65. The van der Waals surface area contributed by atoms with Gasteiger partial charge < -0.3 is 15.5 Å². The van der Waals surface area contributed by atoms with Crippen molar-refractivity contribution in [2.24, 2.45) is 0 Å². The Kier molecular flexibility index (Phi) is 4.97. The van der Waals surface area contributed by atoms with Crippen molar-refractivity contribution in [2.45, 2.75) is 6.36 Å². The molecule has 0 aliphatic heterocycles. The van der Waals surface area contributed by atoms with E-state index in [-0.39, 0.29) is 33.7 Å². The molecule has 1 heterocycles. The molecule has 0 spiro atoms. The summed E-state index contributed by atoms with van der Waals surface area (Å²) in [4.78, 5) is 6.80. The minimum atomic E-state index is -4.76. The van der Waals surface area contributed by atoms with Crippen molar-refractivity contribution >= 4 is 17.4 Å². The molecular formula is C18H10ClF4N3O. The molecule has 3 N–H and O–H groups in total. The molecule has 0 fully saturated rings. The number of rotatable bonds is 2. The smallest absolute Gasteiger partial charge is 0.406 e. The number of nitrogens with one attached hydrogen (secondary N) is 1. The summed E-state index contributed by atoms with van der Waals surface area (Å²) in [7, 11) is 0. The summed E-state index contributed by atoms with van der Waals surface area (Å²) in [6, 6.07) is 9.19. The predicted octanol–water partition coefficient (Wildman–Crippen LogP) is 4.75. The normalized spacial score (nSPS) is 11.0. The molecule has 0 aliphatic rings. The van der Waals surface area contributed by atoms with Gasteiger partial charge in [0.1, 0.15) is 23.1 Å². The van der Waals surface area contributed by atoms with Crippen molar-refractivity contribution in [1.82, 2.24) is 9.97 Å². The Morgan fingerprint density at radius 3 is 2.41 bits per heavy atom. The topological polar surface area (TPSA) is 63.9 Å². The second-order valence-corrected chi connectivity index (χ2v) is 5.67. The van der Waals surface area contributed by atoms with Crippen LogP contribution in [0.2, 0.25) is 5.02 Å². The quantitative estimate of drug-likeness (QED) is 0.486. The number of imidazole rings is 1. The number of H-pyrrole nitrogens is 1. The van der Waals surface area contributed by atoms with E-state index in [0.717, 1.165) is 12.1 Å². The molecule has 9 heteroatoms. The molecule has 27 heavy (non-hydrogen) atoms. The highest BCUT2D eigenvalue weighted by atomic mass is 35.5. The van der Waals surface area contributed by atoms with E-state index < -0.39 is 12.2 Å². The molecule has 3 aromatic rings. The molecule has 4 nitrogen and oxygen atoms in total. The Bertz CT molecular complexity index is 1010. The molecule has 0 aliphatic carbocycles. The van der Waals surface area contributed by atoms with Gasteiger partial charge in [-0.05, 0) is 42.3 Å². The summed E-state index contributed by atoms with van der Waals surface area (Å²) in [5.41, 5.74) is 6.49. The van der Waals surface area contributed by atoms with Crippen molar-refractivity contribution in [3.8, 4) is 29.0 Å². The number of anilines is 1. The zero-order valence-electron chi connectivity index (χ0n) is 13.4. The van der Waals surface area contributed by atoms with Crippen LogP contribution in [0.5, 0.6) is 5.75 Å². The number of halogens is 5. The van der Waals surface area contributed by atoms with Gasteiger partial charge in [0.05, 0.1) is 10.6 Å². The Morgan fingerprint density at radius 1 is 1.07 bits per heavy atom. The number of aromatic amines is 1. The van der Waals surface area contributed by atoms with Crippen LogP contribution in [0.25, 0.3) is 11.4 Å². The molecule has 138 valence electrons. The average Bonchev–Trinajstić information content (AvgIpc) is 2.93. The zero-order valence-corrected chi connectivity index (χ0v) is 14.1. The van der Waals surface area contributed by atoms with E-state index >= 15 is 0 Å². The van der Waals surface area contributed by atoms with E-state index in [0.29, 0.717) is 5.56 Å². The van der Waals surface area contributed by atoms with Gasteiger partial charge >= 0.3 is 6.36 Å². The fraction of sp³-hybridized carbons (Fsp3) is 0.0556. The lowest BCUT2D eigenvalue weighted by atomic mass is 10.2. The molecule has 0 amide bonds. The Hall–Kier alpha value is -3.18. The zero-order chi connectivity index (χ0) is 19.6. The van der Waals surface area contributed by atoms with Gasteiger partial charge in [0.15, 0.2) is 5.82 Å². The third-order valence-electron chi connectivity index (χ3n) is 3.35. The number of nitrogens with two attached hydrogens (primary N) is 1. The van der Waals surface area contributed by atoms with Gasteiger partial charge in [0.2, 0.25) is 0 Å². The number of aromatic nitrogens is 2. The van der Waals surface area contributed by atoms with Crippen molar-refractivity contribution in [3.63, 3.8) is 0 Å². The van der Waals surface area contributed by atoms with Crippen LogP contribution in [0.15, 0.2) is 42.5 Å². The summed E-state index contributed by atoms with van der Waals surface area (Å²) in [5, 5.41) is 0.156. The van der Waals surface area contributed by atoms with Gasteiger partial charge in [0.25, 0.3) is 0 Å². The van der Waals surface area contributed by atoms with Crippen LogP contribution in [0.1, 0.15) is 11.3 Å². The highest BCUT2D eigenvalue weighted by molar-refractivity contribution is 6.33. The Labute approximate surface area is 155 Å². The first kappa shape index (κ1) is 18.6. The molecule has 2 aromatic carbocycles. The number of hydrogen-bond donors (Lipinski definition) is 2. The summed E-state index contributed by atoms with van der Waals surface area (Å²) >= 11 is 5.99. The van der Waals surface area contributed by atoms with Crippen molar-refractivity contribution in [2.75, 3.05) is 5.73 Å². The van der Waals surface area contributed by atoms with Crippen molar-refractivity contribution in [1.29, 1.82) is 0 Å². The van der Waals surface area contributed by atoms with Crippen LogP contribution in [-0.4, -0.2) is 16.3 Å². The van der Waals surface area contributed by atoms with E-state index in [4.69, 9.17) is 17.3 Å². The molecule has 0 radical (unpaired) electrons. The van der Waals surface area contributed by atoms with Crippen LogP contribution in [0, 0.1) is 17.7 Å². The van der Waals surface area contributed by atoms with Gasteiger partial charge in [-0.25, -0.2) is 9.37 Å². The molecule has 0 unspecified atom stereocenters. The first-order chi connectivity index (χ1) is 12.7. The molecule has 0 atom stereocenters. The molecule has 0 bridgehead atoms. The third kappa shape index (κ3) is 4.51. The molecule has 0 saturated carbocycles. The average molecular weight is 396 g/mol. The number of nitrogens with zero attached hydrogens (tertiary/aromatic N) is 1. The monoisotopic (exact) mass is 395 g/mol. The lowest BCUT2D eigenvalue weighted by Crippen LogP contribution is -2.16. The first-order valence-corrected chi connectivity index (χ1v) is 7.78. The van der Waals surface area contributed by atoms with E-state index in [2.05, 4.69) is 26.5 Å². The Balaban J connectivity index is 1.85. The van der Waals surface area contributed by atoms with Crippen LogP contribution < -0.4 is 10.5 Å². The van der Waals surface area contributed by atoms with E-state index in [1.54, 1.807) is 0 Å². The molecule has 3 rings (SSSR count). The highest BCUT2D eigenvalue weighted by Crippen LogP contribution is 2.29. The van der Waals surface area contributed by atoms with Crippen LogP contribution in [0.3, 0.4) is 0 Å². The van der Waals surface area contributed by atoms with Crippen LogP contribution in [-0.2, 0) is 0 Å². The summed E-state index contributed by atoms with van der Waals surface area (Å²) in [6.07, 6.45) is -4.76. The minimum Gasteiger partial charge on any atom is -0.406 e. The van der Waals surface area contributed by atoms with E-state index in [1.165, 1.54) is 30.3 Å². The second-order valence-electron chi connectivity index (χ2n) is 5.26. The molecular weight excluding hydrogens is 386 g/mol. The van der Waals surface area contributed by atoms with Gasteiger partial charge in [-0.2, -0.15) is 0 Å². The predicted molar refractivity (Wildman–Crippen MR) is 92.5 cm³/mol. The third-order valence-corrected chi connectivity index (χ3v) is 3.67. The van der Waals surface area contributed by atoms with E-state index in [1.807, 2.05) is 0 Å². The second kappa shape index (κ2) is 7.21. The first-order valence-electron chi connectivity index (χ1n) is 7.40. The fourth-order valence-electron chi connectivity index (χ4n) is 2.20. The maximum absolute atomic E-state index is 14.0. The van der Waals surface area contributed by atoms with Gasteiger partial charge in [-0.15, -0.1) is 13.2 Å². The largest absolute Gasteiger partial charge is 0.573 e. The molecule has 1 aromatic heterocycles. The number of benzene rings is 2. The Morgan fingerprint density at radius 2 is 1.78 bits per heavy atom. The maximum Gasteiger partial charge on any atom is 0.573 e. The van der Waals surface area contributed by atoms with Crippen molar-refractivity contribution < 1.29 is 22.3 Å². The number of ether oxygens (including phenoxy) is 1. The number of alkyl halides is 3. The standard InChI is InChI=1S/C18H10ClF4N3O/c19-12-2-1-3-13(20)15(12)17-25-14(16(24)26-17)9-6-10-4-7-11(8-5-10)27-18(21,22)23/h1-5,7-8H,24H2,(H,25,26). The fourth-order valence-corrected chi connectivity index (χ4v) is 2.45. The lowest BCUT2D eigenvalue weighted by Gasteiger charge is -2.07. The number of hydrogen-bond acceptors (Lipinski definition) is 3. The van der Waals surface area contributed by atoms with Crippen LogP contribution >= 0.6 is 11.6 Å². The SMILES string of the molecule is Nc1nc(-c2c(F)cccc2Cl)[nH]c1C#Cc1ccc(OC(F)(F)F)cc1. The summed E-state index contributed by atoms with van der Waals surface area (Å²) in [6.45, 7) is 0. The highest BCUT2D eigenvalue weighted by Gasteiger charge is 2.30. The van der Waals surface area contributed by atoms with Gasteiger partial charge in [-0.1, -0.05) is 23.6 Å². The van der Waals surface area contributed by atoms with E-state index in [9.17, 15) is 17.6 Å². The van der Waals surface area contributed by atoms with Crippen molar-refractivity contribution in [3.05, 3.63) is 64.6 Å². The molecule has 0 saturated heterocycles. The van der Waals surface area contributed by atoms with Crippen LogP contribution in [0.4, 0.5) is 23.4 Å². The number of nitrogen functional groups attached to an aromatic ring is 1. The lowest BCUT2D eigenvalue weighted by molar-refractivity contribution is -0.274. The van der Waals surface area contributed by atoms with Gasteiger partial charge in [0, 0.05) is 5.56 Å². The van der Waals surface area contributed by atoms with Gasteiger partial charge in [-0.3, -0.25) is 0 Å². The summed E-state index contributed by atoms with van der Waals surface area (Å²) < 4.78 is 54.2. The minimum absolute atomic E-state index is 0.0360. The maximum atomic E-state index is 14.0.